The number of benzene rings is 1. The number of nitriles is 1. The van der Waals surface area contributed by atoms with E-state index in [1.807, 2.05) is 0 Å². The van der Waals surface area contributed by atoms with Crippen molar-refractivity contribution in [2.24, 2.45) is 0 Å². The molecule has 0 bridgehead atoms. The van der Waals surface area contributed by atoms with Crippen molar-refractivity contribution in [3.63, 3.8) is 0 Å². The third kappa shape index (κ3) is 4.34. The highest BCUT2D eigenvalue weighted by molar-refractivity contribution is 6.29. The molecular weight excluding hydrogens is 346 g/mol. The maximum Gasteiger partial charge on any atom is 0.282 e. The molecule has 6 heteroatoms. The molecule has 0 fully saturated rings. The molecule has 2 heterocycles. The maximum absolute atomic E-state index is 9.53. The highest BCUT2D eigenvalue weighted by Crippen LogP contribution is 2.25. The van der Waals surface area contributed by atoms with E-state index in [9.17, 15) is 5.26 Å². The Morgan fingerprint density at radius 3 is 2.73 bits per heavy atom. The summed E-state index contributed by atoms with van der Waals surface area (Å²) in [7, 11) is 4.27. The monoisotopic (exact) mass is 372 g/mol. The molecule has 136 valence electrons. The molecule has 1 aromatic carbocycles. The molecule has 1 atom stereocenters. The zero-order valence-electron chi connectivity index (χ0n) is 15.5. The first kappa shape index (κ1) is 18.7. The number of aromatic nitrogens is 1. The van der Waals surface area contributed by atoms with Gasteiger partial charge in [-0.2, -0.15) is 5.26 Å². The van der Waals surface area contributed by atoms with Gasteiger partial charge in [-0.15, -0.1) is 0 Å². The maximum atomic E-state index is 9.53. The number of aromatic amines is 1. The molecule has 0 radical (unpaired) electrons. The molecule has 5 nitrogen and oxygen atoms in total. The van der Waals surface area contributed by atoms with Gasteiger partial charge >= 0.3 is 0 Å². The Hall–Kier alpha value is -2.13. The quantitative estimate of drug-likeness (QED) is 0.611. The van der Waals surface area contributed by atoms with E-state index in [0.29, 0.717) is 10.7 Å². The van der Waals surface area contributed by atoms with Gasteiger partial charge in [0.15, 0.2) is 0 Å². The predicted molar refractivity (Wildman–Crippen MR) is 102 cm³/mol. The van der Waals surface area contributed by atoms with E-state index in [1.54, 1.807) is 0 Å². The Labute approximate surface area is 160 Å². The number of anilines is 1. The number of quaternary nitrogens is 2. The molecule has 0 amide bonds. The van der Waals surface area contributed by atoms with E-state index in [1.165, 1.54) is 20.9 Å². The van der Waals surface area contributed by atoms with Gasteiger partial charge in [0.1, 0.15) is 37.8 Å². The van der Waals surface area contributed by atoms with Crippen LogP contribution in [0.25, 0.3) is 0 Å². The highest BCUT2D eigenvalue weighted by Gasteiger charge is 2.30. The van der Waals surface area contributed by atoms with Crippen molar-refractivity contribution in [2.45, 2.75) is 19.5 Å². The first-order chi connectivity index (χ1) is 12.6. The Balaban J connectivity index is 1.84. The van der Waals surface area contributed by atoms with E-state index in [-0.39, 0.29) is 0 Å². The van der Waals surface area contributed by atoms with Gasteiger partial charge in [0.2, 0.25) is 5.15 Å². The molecule has 1 aliphatic rings. The van der Waals surface area contributed by atoms with E-state index in [0.717, 1.165) is 50.5 Å². The van der Waals surface area contributed by atoms with Crippen LogP contribution in [-0.4, -0.2) is 33.7 Å². The number of halogens is 1. The first-order valence-corrected chi connectivity index (χ1v) is 9.53. The lowest BCUT2D eigenvalue weighted by Gasteiger charge is -2.26. The molecule has 26 heavy (non-hydrogen) atoms. The second kappa shape index (κ2) is 8.50. The smallest absolute Gasteiger partial charge is 0.282 e. The minimum atomic E-state index is 0.442. The molecule has 3 rings (SSSR count). The van der Waals surface area contributed by atoms with Gasteiger partial charge in [0.25, 0.3) is 5.82 Å². The van der Waals surface area contributed by atoms with Gasteiger partial charge in [0, 0.05) is 12.0 Å². The van der Waals surface area contributed by atoms with Gasteiger partial charge in [-0.25, -0.2) is 4.98 Å². The second-order valence-corrected chi connectivity index (χ2v) is 7.61. The van der Waals surface area contributed by atoms with Crippen LogP contribution in [-0.2, 0) is 19.5 Å². The van der Waals surface area contributed by atoms with Crippen LogP contribution in [0.3, 0.4) is 0 Å². The van der Waals surface area contributed by atoms with Gasteiger partial charge in [-0.05, 0) is 17.2 Å². The average Bonchev–Trinajstić information content (AvgIpc) is 2.63. The summed E-state index contributed by atoms with van der Waals surface area (Å²) in [6.07, 6.45) is 0.877. The van der Waals surface area contributed by atoms with Crippen LogP contribution in [0.15, 0.2) is 30.3 Å². The summed E-state index contributed by atoms with van der Waals surface area (Å²) in [4.78, 5) is 6.12. The first-order valence-electron chi connectivity index (χ1n) is 9.15. The lowest BCUT2D eigenvalue weighted by molar-refractivity contribution is -0.929. The van der Waals surface area contributed by atoms with Crippen LogP contribution in [0, 0.1) is 11.3 Å². The molecule has 1 aromatic heterocycles. The van der Waals surface area contributed by atoms with E-state index < -0.39 is 0 Å². The van der Waals surface area contributed by atoms with Crippen molar-refractivity contribution in [3.05, 3.63) is 57.7 Å². The third-order valence-corrected chi connectivity index (χ3v) is 5.20. The molecule has 0 spiro atoms. The van der Waals surface area contributed by atoms with E-state index in [2.05, 4.69) is 60.8 Å². The molecule has 0 aliphatic carbocycles. The second-order valence-electron chi connectivity index (χ2n) is 7.23. The molecular formula is C20H27ClN5+3. The van der Waals surface area contributed by atoms with Crippen LogP contribution < -0.4 is 20.1 Å². The average molecular weight is 373 g/mol. The number of hydrogen-bond acceptors (Lipinski definition) is 2. The Morgan fingerprint density at radius 2 is 2.04 bits per heavy atom. The number of H-pyrrole nitrogens is 1. The summed E-state index contributed by atoms with van der Waals surface area (Å²) in [5.74, 6) is 0.968. The molecule has 1 aliphatic heterocycles. The zero-order chi connectivity index (χ0) is 18.5. The summed E-state index contributed by atoms with van der Waals surface area (Å²) in [5, 5.41) is 13.5. The number of hydrogen-bond donors (Lipinski definition) is 3. The van der Waals surface area contributed by atoms with E-state index >= 15 is 0 Å². The number of nitrogens with zero attached hydrogens (tertiary/aromatic N) is 1. The summed E-state index contributed by atoms with van der Waals surface area (Å²) < 4.78 is 0. The number of rotatable bonds is 6. The highest BCUT2D eigenvalue weighted by atomic mass is 35.5. The lowest BCUT2D eigenvalue weighted by atomic mass is 9.96. The van der Waals surface area contributed by atoms with Crippen molar-refractivity contribution < 1.29 is 14.8 Å². The standard InChI is InChI=1S/C20H24ClN5/c1-25(2)11-9-23-20-18-14-26(13-15-6-4-3-5-7-15)10-8-16(18)17(12-22)19(21)24-20/h3-7H,8-11,13-14H2,1-2H3,(H,23,24)/p+3. The van der Waals surface area contributed by atoms with Crippen LogP contribution in [0.1, 0.15) is 22.3 Å². The lowest BCUT2D eigenvalue weighted by Crippen LogP contribution is -3.10. The minimum Gasteiger partial charge on any atom is -0.337 e. The predicted octanol–water partition coefficient (Wildman–Crippen LogP) is -0.277. The Morgan fingerprint density at radius 1 is 1.27 bits per heavy atom. The Kier molecular flexibility index (Phi) is 6.10. The normalized spacial score (nSPS) is 16.2. The number of pyridine rings is 1. The Bertz CT molecular complexity index is 798. The molecule has 0 saturated heterocycles. The van der Waals surface area contributed by atoms with Crippen molar-refractivity contribution >= 4 is 17.4 Å². The van der Waals surface area contributed by atoms with Crippen LogP contribution in [0.5, 0.6) is 0 Å². The summed E-state index contributed by atoms with van der Waals surface area (Å²) in [6, 6.07) is 12.9. The summed E-state index contributed by atoms with van der Waals surface area (Å²) >= 11 is 6.34. The van der Waals surface area contributed by atoms with Crippen molar-refractivity contribution in [1.29, 1.82) is 5.26 Å². The summed E-state index contributed by atoms with van der Waals surface area (Å²) in [5.41, 5.74) is 4.25. The molecule has 1 unspecified atom stereocenters. The van der Waals surface area contributed by atoms with Crippen LogP contribution >= 0.6 is 11.6 Å². The number of fused-ring (bicyclic) bond motifs is 1. The topological polar surface area (TPSA) is 58.8 Å². The zero-order valence-corrected chi connectivity index (χ0v) is 16.2. The largest absolute Gasteiger partial charge is 0.337 e. The fourth-order valence-electron chi connectivity index (χ4n) is 3.53. The molecule has 0 saturated carbocycles. The van der Waals surface area contributed by atoms with Gasteiger partial charge in [-0.1, -0.05) is 30.3 Å². The fraction of sp³-hybridized carbons (Fsp3) is 0.400. The van der Waals surface area contributed by atoms with Gasteiger partial charge in [-0.3, -0.25) is 5.32 Å². The van der Waals surface area contributed by atoms with Gasteiger partial charge in [0.05, 0.1) is 26.2 Å². The minimum absolute atomic E-state index is 0.442. The van der Waals surface area contributed by atoms with Crippen LogP contribution in [0.2, 0.25) is 5.15 Å². The van der Waals surface area contributed by atoms with Crippen molar-refractivity contribution in [2.75, 3.05) is 39.0 Å². The third-order valence-electron chi connectivity index (χ3n) is 4.91. The van der Waals surface area contributed by atoms with E-state index in [4.69, 9.17) is 11.6 Å². The van der Waals surface area contributed by atoms with Crippen LogP contribution in [0.4, 0.5) is 5.82 Å². The molecule has 4 N–H and O–H groups in total. The van der Waals surface area contributed by atoms with Gasteiger partial charge < -0.3 is 9.80 Å². The number of nitrogens with one attached hydrogen (secondary N) is 4. The SMILES string of the molecule is C[NH+](C)CCNc1[nH+]c(Cl)c(C#N)c2c1C[NH+](Cc1ccccc1)CC2. The fourth-order valence-corrected chi connectivity index (χ4v) is 3.78. The molecule has 2 aromatic rings. The summed E-state index contributed by atoms with van der Waals surface area (Å²) in [6.45, 7) is 4.77. The van der Waals surface area contributed by atoms with Crippen molar-refractivity contribution in [3.8, 4) is 6.07 Å². The number of likely N-dealkylation sites (N-methyl/N-ethyl adjacent to an activating group) is 1. The van der Waals surface area contributed by atoms with Crippen molar-refractivity contribution in [1.82, 2.24) is 0 Å².